The molecule has 3 nitrogen and oxygen atoms in total. The molecule has 0 aliphatic carbocycles. The van der Waals surface area contributed by atoms with Crippen molar-refractivity contribution in [3.8, 4) is 0 Å². The molecule has 1 fully saturated rings. The molecule has 1 saturated heterocycles. The van der Waals surface area contributed by atoms with Crippen molar-refractivity contribution in [1.82, 2.24) is 4.90 Å². The first kappa shape index (κ1) is 14.5. The van der Waals surface area contributed by atoms with E-state index in [1.807, 2.05) is 6.92 Å². The Morgan fingerprint density at radius 2 is 1.89 bits per heavy atom. The van der Waals surface area contributed by atoms with Gasteiger partial charge in [0.05, 0.1) is 12.5 Å². The minimum atomic E-state index is -0.301. The average Bonchev–Trinajstić information content (AvgIpc) is 2.43. The van der Waals surface area contributed by atoms with Gasteiger partial charge in [0.25, 0.3) is 0 Å². The number of benzene rings is 1. The molecular weight excluding hydrogens is 306 g/mol. The fourth-order valence-electron chi connectivity index (χ4n) is 2.50. The molecule has 1 heterocycles. The molecule has 1 aromatic carbocycles. The van der Waals surface area contributed by atoms with E-state index in [4.69, 9.17) is 4.74 Å². The number of esters is 1. The van der Waals surface area contributed by atoms with Gasteiger partial charge in [-0.3, -0.25) is 9.69 Å². The van der Waals surface area contributed by atoms with Crippen molar-refractivity contribution in [3.05, 3.63) is 34.3 Å². The third-order valence-electron chi connectivity index (χ3n) is 3.96. The Hall–Kier alpha value is -0.870. The van der Waals surface area contributed by atoms with Crippen LogP contribution in [0.3, 0.4) is 0 Å². The normalized spacial score (nSPS) is 19.1. The van der Waals surface area contributed by atoms with Crippen molar-refractivity contribution in [3.63, 3.8) is 0 Å². The first-order valence-electron chi connectivity index (χ1n) is 6.59. The van der Waals surface area contributed by atoms with Crippen LogP contribution in [0.2, 0.25) is 0 Å². The molecule has 0 amide bonds. The maximum absolute atomic E-state index is 11.7. The molecule has 1 aromatic rings. The van der Waals surface area contributed by atoms with E-state index >= 15 is 0 Å². The van der Waals surface area contributed by atoms with Gasteiger partial charge in [0.15, 0.2) is 0 Å². The van der Waals surface area contributed by atoms with Gasteiger partial charge in [-0.1, -0.05) is 28.1 Å². The number of halogens is 1. The summed E-state index contributed by atoms with van der Waals surface area (Å²) in [4.78, 5) is 14.1. The molecule has 19 heavy (non-hydrogen) atoms. The fourth-order valence-corrected chi connectivity index (χ4v) is 2.77. The summed E-state index contributed by atoms with van der Waals surface area (Å²) < 4.78 is 6.00. The SMILES string of the molecule is COC(=O)C1(C)CCN(Cc2ccc(Br)cc2)CC1. The summed E-state index contributed by atoms with van der Waals surface area (Å²) in [7, 11) is 1.47. The molecule has 0 unspecified atom stereocenters. The van der Waals surface area contributed by atoms with E-state index in [1.165, 1.54) is 12.7 Å². The van der Waals surface area contributed by atoms with Crippen molar-refractivity contribution in [2.45, 2.75) is 26.3 Å². The standard InChI is InChI=1S/C15H20BrNO2/c1-15(14(18)19-2)7-9-17(10-8-15)11-12-3-5-13(16)6-4-12/h3-6H,7-11H2,1-2H3. The molecule has 0 spiro atoms. The van der Waals surface area contributed by atoms with Gasteiger partial charge in [0.2, 0.25) is 0 Å². The minimum Gasteiger partial charge on any atom is -0.469 e. The Morgan fingerprint density at radius 3 is 2.42 bits per heavy atom. The number of carbonyl (C=O) groups is 1. The number of nitrogens with zero attached hydrogens (tertiary/aromatic N) is 1. The van der Waals surface area contributed by atoms with E-state index in [9.17, 15) is 4.79 Å². The number of hydrogen-bond donors (Lipinski definition) is 0. The number of likely N-dealkylation sites (tertiary alicyclic amines) is 1. The number of hydrogen-bond acceptors (Lipinski definition) is 3. The Morgan fingerprint density at radius 1 is 1.32 bits per heavy atom. The third kappa shape index (κ3) is 3.57. The van der Waals surface area contributed by atoms with Crippen LogP contribution in [0, 0.1) is 5.41 Å². The molecule has 2 rings (SSSR count). The smallest absolute Gasteiger partial charge is 0.311 e. The average molecular weight is 326 g/mol. The van der Waals surface area contributed by atoms with Crippen LogP contribution < -0.4 is 0 Å². The maximum atomic E-state index is 11.7. The summed E-state index contributed by atoms with van der Waals surface area (Å²) in [5.74, 6) is -0.0733. The van der Waals surface area contributed by atoms with E-state index in [-0.39, 0.29) is 11.4 Å². The molecule has 4 heteroatoms. The zero-order chi connectivity index (χ0) is 13.9. The molecule has 0 aromatic heterocycles. The van der Waals surface area contributed by atoms with Gasteiger partial charge < -0.3 is 4.74 Å². The quantitative estimate of drug-likeness (QED) is 0.799. The number of rotatable bonds is 3. The molecule has 0 saturated carbocycles. The highest BCUT2D eigenvalue weighted by Gasteiger charge is 2.37. The van der Waals surface area contributed by atoms with Crippen LogP contribution in [0.1, 0.15) is 25.3 Å². The highest BCUT2D eigenvalue weighted by atomic mass is 79.9. The summed E-state index contributed by atoms with van der Waals surface area (Å²) in [5.41, 5.74) is 1.01. The van der Waals surface area contributed by atoms with Crippen LogP contribution in [0.4, 0.5) is 0 Å². The van der Waals surface area contributed by atoms with Gasteiger partial charge in [-0.25, -0.2) is 0 Å². The Labute approximate surface area is 123 Å². The molecular formula is C15H20BrNO2. The van der Waals surface area contributed by atoms with Crippen molar-refractivity contribution >= 4 is 21.9 Å². The first-order chi connectivity index (χ1) is 9.03. The largest absolute Gasteiger partial charge is 0.469 e. The molecule has 0 N–H and O–H groups in total. The third-order valence-corrected chi connectivity index (χ3v) is 4.49. The van der Waals surface area contributed by atoms with E-state index < -0.39 is 0 Å². The monoisotopic (exact) mass is 325 g/mol. The number of ether oxygens (including phenoxy) is 1. The van der Waals surface area contributed by atoms with Crippen molar-refractivity contribution in [2.75, 3.05) is 20.2 Å². The van der Waals surface area contributed by atoms with Gasteiger partial charge in [-0.2, -0.15) is 0 Å². The lowest BCUT2D eigenvalue weighted by molar-refractivity contribution is -0.154. The predicted octanol–water partition coefficient (Wildman–Crippen LogP) is 3.22. The minimum absolute atomic E-state index is 0.0733. The van der Waals surface area contributed by atoms with Gasteiger partial charge in [0.1, 0.15) is 0 Å². The van der Waals surface area contributed by atoms with Crippen LogP contribution in [0.15, 0.2) is 28.7 Å². The van der Waals surface area contributed by atoms with E-state index in [2.05, 4.69) is 45.1 Å². The van der Waals surface area contributed by atoms with E-state index in [0.29, 0.717) is 0 Å². The van der Waals surface area contributed by atoms with Gasteiger partial charge in [0, 0.05) is 11.0 Å². The predicted molar refractivity (Wildman–Crippen MR) is 78.8 cm³/mol. The zero-order valence-electron chi connectivity index (χ0n) is 11.5. The second kappa shape index (κ2) is 6.06. The fraction of sp³-hybridized carbons (Fsp3) is 0.533. The summed E-state index contributed by atoms with van der Waals surface area (Å²) in [5, 5.41) is 0. The van der Waals surface area contributed by atoms with Crippen LogP contribution >= 0.6 is 15.9 Å². The summed E-state index contributed by atoms with van der Waals surface area (Å²) in [6.45, 7) is 4.85. The number of methoxy groups -OCH3 is 1. The van der Waals surface area contributed by atoms with Gasteiger partial charge in [-0.05, 0) is 50.6 Å². The molecule has 0 atom stereocenters. The van der Waals surface area contributed by atoms with Crippen LogP contribution in [0.5, 0.6) is 0 Å². The zero-order valence-corrected chi connectivity index (χ0v) is 13.1. The molecule has 0 radical (unpaired) electrons. The van der Waals surface area contributed by atoms with Crippen LogP contribution in [-0.4, -0.2) is 31.1 Å². The van der Waals surface area contributed by atoms with E-state index in [1.54, 1.807) is 0 Å². The second-order valence-corrected chi connectivity index (χ2v) is 6.37. The second-order valence-electron chi connectivity index (χ2n) is 5.45. The van der Waals surface area contributed by atoms with Crippen molar-refractivity contribution < 1.29 is 9.53 Å². The number of piperidine rings is 1. The van der Waals surface area contributed by atoms with Crippen LogP contribution in [-0.2, 0) is 16.1 Å². The molecule has 1 aliphatic rings. The first-order valence-corrected chi connectivity index (χ1v) is 7.38. The summed E-state index contributed by atoms with van der Waals surface area (Å²) in [6.07, 6.45) is 1.74. The lowest BCUT2D eigenvalue weighted by Crippen LogP contribution is -2.42. The van der Waals surface area contributed by atoms with Gasteiger partial charge in [-0.15, -0.1) is 0 Å². The van der Waals surface area contributed by atoms with E-state index in [0.717, 1.165) is 36.9 Å². The van der Waals surface area contributed by atoms with Gasteiger partial charge >= 0.3 is 5.97 Å². The van der Waals surface area contributed by atoms with Crippen molar-refractivity contribution in [2.24, 2.45) is 5.41 Å². The Balaban J connectivity index is 1.90. The Kier molecular flexibility index (Phi) is 4.63. The lowest BCUT2D eigenvalue weighted by Gasteiger charge is -2.37. The van der Waals surface area contributed by atoms with Crippen molar-refractivity contribution in [1.29, 1.82) is 0 Å². The highest BCUT2D eigenvalue weighted by Crippen LogP contribution is 2.32. The summed E-state index contributed by atoms with van der Waals surface area (Å²) >= 11 is 3.44. The molecule has 1 aliphatic heterocycles. The van der Waals surface area contributed by atoms with Crippen LogP contribution in [0.25, 0.3) is 0 Å². The molecule has 0 bridgehead atoms. The lowest BCUT2D eigenvalue weighted by atomic mass is 9.80. The Bertz CT molecular complexity index is 436. The topological polar surface area (TPSA) is 29.5 Å². The number of carbonyl (C=O) groups excluding carboxylic acids is 1. The maximum Gasteiger partial charge on any atom is 0.311 e. The molecule has 104 valence electrons. The highest BCUT2D eigenvalue weighted by molar-refractivity contribution is 9.10. The summed E-state index contributed by atoms with van der Waals surface area (Å²) in [6, 6.07) is 8.41.